The van der Waals surface area contributed by atoms with Gasteiger partial charge in [-0.05, 0) is 35.6 Å². The average molecular weight is 434 g/mol. The second-order valence-electron chi connectivity index (χ2n) is 8.73. The molecule has 6 nitrogen and oxygen atoms in total. The molecule has 1 fully saturated rings. The number of rotatable bonds is 11. The number of carboxylic acids is 1. The number of aromatic nitrogens is 2. The van der Waals surface area contributed by atoms with Gasteiger partial charge in [-0.3, -0.25) is 9.69 Å². The van der Waals surface area contributed by atoms with Gasteiger partial charge in [0.05, 0.1) is 5.92 Å². The van der Waals surface area contributed by atoms with Crippen LogP contribution in [-0.4, -0.2) is 39.3 Å². The lowest BCUT2D eigenvalue weighted by Gasteiger charge is -2.36. The normalized spacial score (nSPS) is 15.4. The van der Waals surface area contributed by atoms with Crippen LogP contribution in [0.3, 0.4) is 0 Å². The van der Waals surface area contributed by atoms with Crippen molar-refractivity contribution in [3.05, 3.63) is 71.6 Å². The lowest BCUT2D eigenvalue weighted by molar-refractivity contribution is -0.147. The number of likely N-dealkylation sites (tertiary alicyclic amines) is 1. The summed E-state index contributed by atoms with van der Waals surface area (Å²) in [5.41, 5.74) is 3.38. The predicted octanol–water partition coefficient (Wildman–Crippen LogP) is 5.16. The van der Waals surface area contributed by atoms with E-state index in [0.29, 0.717) is 30.8 Å². The summed E-state index contributed by atoms with van der Waals surface area (Å²) in [6, 6.07) is 18.7. The number of hydrogen-bond donors (Lipinski definition) is 1. The van der Waals surface area contributed by atoms with Gasteiger partial charge in [0.25, 0.3) is 0 Å². The zero-order valence-corrected chi connectivity index (χ0v) is 18.6. The Bertz CT molecular complexity index is 995. The largest absolute Gasteiger partial charge is 0.481 e. The van der Waals surface area contributed by atoms with Crippen molar-refractivity contribution < 1.29 is 14.3 Å². The average Bonchev–Trinajstić information content (AvgIpc) is 3.25. The van der Waals surface area contributed by atoms with Gasteiger partial charge in [0.1, 0.15) is 0 Å². The van der Waals surface area contributed by atoms with E-state index in [9.17, 15) is 4.79 Å². The van der Waals surface area contributed by atoms with Crippen molar-refractivity contribution in [2.24, 2.45) is 5.92 Å². The first kappa shape index (κ1) is 22.2. The molecule has 0 amide bonds. The first-order valence-electron chi connectivity index (χ1n) is 11.5. The maximum absolute atomic E-state index is 10.9. The van der Waals surface area contributed by atoms with Crippen molar-refractivity contribution in [2.75, 3.05) is 13.1 Å². The van der Waals surface area contributed by atoms with Gasteiger partial charge < -0.3 is 9.52 Å². The van der Waals surface area contributed by atoms with Gasteiger partial charge in [0, 0.05) is 31.6 Å². The van der Waals surface area contributed by atoms with Crippen molar-refractivity contribution in [3.63, 3.8) is 0 Å². The molecule has 1 unspecified atom stereocenters. The van der Waals surface area contributed by atoms with E-state index in [1.165, 1.54) is 24.8 Å². The van der Waals surface area contributed by atoms with Gasteiger partial charge in [-0.2, -0.15) is 0 Å². The van der Waals surface area contributed by atoms with E-state index in [4.69, 9.17) is 9.52 Å². The molecule has 1 N–H and O–H groups in total. The summed E-state index contributed by atoms with van der Waals surface area (Å²) in [5.74, 6) is 0.664. The Labute approximate surface area is 189 Å². The fourth-order valence-electron chi connectivity index (χ4n) is 4.28. The number of aliphatic carboxylic acids is 1. The first-order valence-corrected chi connectivity index (χ1v) is 11.5. The van der Waals surface area contributed by atoms with Crippen LogP contribution in [0.25, 0.3) is 11.5 Å². The fourth-order valence-corrected chi connectivity index (χ4v) is 4.28. The summed E-state index contributed by atoms with van der Waals surface area (Å²) >= 11 is 0. The SMILES string of the molecule is CCCCCC(Cc1nnc(-c2ccc(CN3CC(C(=O)O)C3)cc2)o1)c1ccccc1. The standard InChI is InChI=1S/C26H31N3O3/c1-2-3-5-10-22(20-8-6-4-7-9-20)15-24-27-28-25(32-24)21-13-11-19(12-14-21)16-29-17-23(18-29)26(30)31/h4,6-9,11-14,22-23H,2-3,5,10,15-18H2,1H3,(H,30,31). The molecule has 3 aromatic rings. The van der Waals surface area contributed by atoms with Crippen LogP contribution in [0.1, 0.15) is 55.5 Å². The van der Waals surface area contributed by atoms with Crippen LogP contribution >= 0.6 is 0 Å². The summed E-state index contributed by atoms with van der Waals surface area (Å²) < 4.78 is 6.02. The van der Waals surface area contributed by atoms with Gasteiger partial charge in [-0.25, -0.2) is 0 Å². The summed E-state index contributed by atoms with van der Waals surface area (Å²) in [6.45, 7) is 4.22. The molecule has 0 radical (unpaired) electrons. The molecule has 1 saturated heterocycles. The third-order valence-electron chi connectivity index (χ3n) is 6.23. The molecule has 0 spiro atoms. The molecule has 168 valence electrons. The van der Waals surface area contributed by atoms with Crippen LogP contribution < -0.4 is 0 Å². The van der Waals surface area contributed by atoms with Crippen molar-refractivity contribution >= 4 is 5.97 Å². The maximum atomic E-state index is 10.9. The number of benzene rings is 2. The summed E-state index contributed by atoms with van der Waals surface area (Å²) in [5, 5.41) is 17.6. The highest BCUT2D eigenvalue weighted by Crippen LogP contribution is 2.28. The van der Waals surface area contributed by atoms with Crippen molar-refractivity contribution in [2.45, 2.75) is 51.5 Å². The molecule has 1 aliphatic rings. The van der Waals surface area contributed by atoms with Gasteiger partial charge in [0.2, 0.25) is 11.8 Å². The number of unbranched alkanes of at least 4 members (excludes halogenated alkanes) is 2. The molecule has 4 rings (SSSR count). The Morgan fingerprint density at radius 3 is 2.53 bits per heavy atom. The van der Waals surface area contributed by atoms with E-state index in [1.54, 1.807) is 0 Å². The van der Waals surface area contributed by atoms with Crippen molar-refractivity contribution in [1.29, 1.82) is 0 Å². The van der Waals surface area contributed by atoms with Gasteiger partial charge in [0.15, 0.2) is 0 Å². The Hall–Kier alpha value is -2.99. The van der Waals surface area contributed by atoms with E-state index in [2.05, 4.69) is 46.3 Å². The van der Waals surface area contributed by atoms with Crippen LogP contribution in [0.5, 0.6) is 0 Å². The highest BCUT2D eigenvalue weighted by Gasteiger charge is 2.32. The highest BCUT2D eigenvalue weighted by molar-refractivity contribution is 5.71. The second-order valence-corrected chi connectivity index (χ2v) is 8.73. The van der Waals surface area contributed by atoms with Crippen LogP contribution in [0.2, 0.25) is 0 Å². The zero-order chi connectivity index (χ0) is 22.3. The lowest BCUT2D eigenvalue weighted by Crippen LogP contribution is -2.49. The molecule has 1 aromatic heterocycles. The van der Waals surface area contributed by atoms with Gasteiger partial charge in [-0.15, -0.1) is 10.2 Å². The van der Waals surface area contributed by atoms with E-state index in [1.807, 2.05) is 30.3 Å². The predicted molar refractivity (Wildman–Crippen MR) is 123 cm³/mol. The van der Waals surface area contributed by atoms with E-state index >= 15 is 0 Å². The van der Waals surface area contributed by atoms with Crippen LogP contribution in [0.4, 0.5) is 0 Å². The minimum Gasteiger partial charge on any atom is -0.481 e. The Morgan fingerprint density at radius 2 is 1.84 bits per heavy atom. The number of nitrogens with zero attached hydrogens (tertiary/aromatic N) is 3. The van der Waals surface area contributed by atoms with E-state index < -0.39 is 5.97 Å². The lowest BCUT2D eigenvalue weighted by atomic mass is 9.90. The Morgan fingerprint density at radius 1 is 1.09 bits per heavy atom. The van der Waals surface area contributed by atoms with E-state index in [0.717, 1.165) is 30.5 Å². The quantitative estimate of drug-likeness (QED) is 0.421. The molecule has 2 aromatic carbocycles. The maximum Gasteiger partial charge on any atom is 0.309 e. The fraction of sp³-hybridized carbons (Fsp3) is 0.423. The molecule has 6 heteroatoms. The van der Waals surface area contributed by atoms with Crippen LogP contribution in [0.15, 0.2) is 59.0 Å². The summed E-state index contributed by atoms with van der Waals surface area (Å²) in [4.78, 5) is 13.1. The van der Waals surface area contributed by atoms with Crippen molar-refractivity contribution in [1.82, 2.24) is 15.1 Å². The smallest absolute Gasteiger partial charge is 0.309 e. The van der Waals surface area contributed by atoms with Gasteiger partial charge in [-0.1, -0.05) is 68.7 Å². The monoisotopic (exact) mass is 433 g/mol. The minimum atomic E-state index is -0.705. The van der Waals surface area contributed by atoms with Crippen LogP contribution in [0, 0.1) is 5.92 Å². The number of hydrogen-bond acceptors (Lipinski definition) is 5. The molecular formula is C26H31N3O3. The van der Waals surface area contributed by atoms with Crippen LogP contribution in [-0.2, 0) is 17.8 Å². The van der Waals surface area contributed by atoms with E-state index in [-0.39, 0.29) is 5.92 Å². The Kier molecular flexibility index (Phi) is 7.32. The Balaban J connectivity index is 1.37. The summed E-state index contributed by atoms with van der Waals surface area (Å²) in [6.07, 6.45) is 5.50. The molecule has 1 atom stereocenters. The minimum absolute atomic E-state index is 0.229. The number of carboxylic acid groups (broad SMARTS) is 1. The number of carbonyl (C=O) groups is 1. The molecule has 0 saturated carbocycles. The molecule has 32 heavy (non-hydrogen) atoms. The molecule has 1 aliphatic heterocycles. The first-order chi connectivity index (χ1) is 15.6. The topological polar surface area (TPSA) is 79.5 Å². The summed E-state index contributed by atoms with van der Waals surface area (Å²) in [7, 11) is 0. The second kappa shape index (κ2) is 10.6. The third-order valence-corrected chi connectivity index (χ3v) is 6.23. The highest BCUT2D eigenvalue weighted by atomic mass is 16.4. The molecular weight excluding hydrogens is 402 g/mol. The van der Waals surface area contributed by atoms with Crippen molar-refractivity contribution in [3.8, 4) is 11.5 Å². The zero-order valence-electron chi connectivity index (χ0n) is 18.6. The molecule has 2 heterocycles. The molecule has 0 aliphatic carbocycles. The third kappa shape index (κ3) is 5.62. The van der Waals surface area contributed by atoms with Gasteiger partial charge >= 0.3 is 5.97 Å². The molecule has 0 bridgehead atoms.